The lowest BCUT2D eigenvalue weighted by molar-refractivity contribution is -0.115. The lowest BCUT2D eigenvalue weighted by atomic mass is 10.2. The van der Waals surface area contributed by atoms with Crippen LogP contribution in [0.4, 0.5) is 11.5 Å². The molecule has 4 aromatic rings. The van der Waals surface area contributed by atoms with Crippen molar-refractivity contribution >= 4 is 50.1 Å². The number of thioether (sulfide) groups is 1. The maximum absolute atomic E-state index is 12.7. The minimum Gasteiger partial charge on any atom is -0.360 e. The van der Waals surface area contributed by atoms with Gasteiger partial charge in [0.25, 0.3) is 15.6 Å². The Hall–Kier alpha value is -3.64. The molecule has 2 aromatic heterocycles. The van der Waals surface area contributed by atoms with Gasteiger partial charge in [0, 0.05) is 30.5 Å². The minimum absolute atomic E-state index is 0.0200. The summed E-state index contributed by atoms with van der Waals surface area (Å²) in [5.74, 6) is 0.750. The highest BCUT2D eigenvalue weighted by atomic mass is 32.2. The van der Waals surface area contributed by atoms with E-state index in [4.69, 9.17) is 4.52 Å². The van der Waals surface area contributed by atoms with Crippen LogP contribution in [-0.2, 0) is 21.4 Å². The topological polar surface area (TPSA) is 136 Å². The Morgan fingerprint density at radius 1 is 1.14 bits per heavy atom. The maximum Gasteiger partial charge on any atom is 0.263 e. The van der Waals surface area contributed by atoms with E-state index < -0.39 is 10.0 Å². The zero-order chi connectivity index (χ0) is 25.0. The van der Waals surface area contributed by atoms with Crippen molar-refractivity contribution in [3.05, 3.63) is 70.7 Å². The van der Waals surface area contributed by atoms with Gasteiger partial charge in [-0.25, -0.2) is 13.4 Å². The number of hydrogen-bond acceptors (Lipinski definition) is 8. The SMILES string of the molecule is CCn1c(SCCC(=O)Nc2ccc(S(=O)(=O)Nc3cc(C)on3)cc2)nc2ccccc2c1=O. The van der Waals surface area contributed by atoms with Crippen LogP contribution in [0.25, 0.3) is 10.9 Å². The molecule has 35 heavy (non-hydrogen) atoms. The Morgan fingerprint density at radius 3 is 2.57 bits per heavy atom. The first-order chi connectivity index (χ1) is 16.8. The third kappa shape index (κ3) is 5.72. The average Bonchev–Trinajstić information content (AvgIpc) is 3.23. The third-order valence-corrected chi connectivity index (χ3v) is 7.37. The van der Waals surface area contributed by atoms with E-state index in [1.807, 2.05) is 13.0 Å². The molecule has 1 amide bonds. The predicted octanol–water partition coefficient (Wildman–Crippen LogP) is 3.63. The number of carbonyl (C=O) groups excluding carboxylic acids is 1. The summed E-state index contributed by atoms with van der Waals surface area (Å²) >= 11 is 1.34. The van der Waals surface area contributed by atoms with Crippen molar-refractivity contribution in [1.82, 2.24) is 14.7 Å². The summed E-state index contributed by atoms with van der Waals surface area (Å²) in [7, 11) is -3.84. The highest BCUT2D eigenvalue weighted by Gasteiger charge is 2.16. The van der Waals surface area contributed by atoms with Crippen LogP contribution in [-0.4, -0.2) is 34.8 Å². The molecule has 0 saturated heterocycles. The minimum atomic E-state index is -3.84. The molecule has 0 fully saturated rings. The summed E-state index contributed by atoms with van der Waals surface area (Å²) in [6.07, 6.45) is 0.185. The summed E-state index contributed by atoms with van der Waals surface area (Å²) in [5.41, 5.74) is 0.983. The number of carbonyl (C=O) groups is 1. The summed E-state index contributed by atoms with van der Waals surface area (Å²) < 4.78 is 33.7. The van der Waals surface area contributed by atoms with Gasteiger partial charge >= 0.3 is 0 Å². The molecule has 0 radical (unpaired) electrons. The van der Waals surface area contributed by atoms with Crippen molar-refractivity contribution in [1.29, 1.82) is 0 Å². The standard InChI is InChI=1S/C23H23N5O5S2/c1-3-28-22(30)18-6-4-5-7-19(18)25-23(28)34-13-12-21(29)24-16-8-10-17(11-9-16)35(31,32)27-20-14-15(2)33-26-20/h4-11,14H,3,12-13H2,1-2H3,(H,24,29)(H,26,27). The molecule has 182 valence electrons. The number of aromatic nitrogens is 3. The van der Waals surface area contributed by atoms with E-state index in [-0.39, 0.29) is 28.6 Å². The van der Waals surface area contributed by atoms with E-state index in [0.29, 0.717) is 39.8 Å². The number of hydrogen-bond donors (Lipinski definition) is 2. The van der Waals surface area contributed by atoms with E-state index in [2.05, 4.69) is 20.2 Å². The van der Waals surface area contributed by atoms with Crippen LogP contribution in [0.1, 0.15) is 19.1 Å². The number of fused-ring (bicyclic) bond motifs is 1. The van der Waals surface area contributed by atoms with Gasteiger partial charge in [0.05, 0.1) is 15.8 Å². The van der Waals surface area contributed by atoms with Crippen LogP contribution >= 0.6 is 11.8 Å². The lowest BCUT2D eigenvalue weighted by Gasteiger charge is -2.11. The number of anilines is 2. The first-order valence-electron chi connectivity index (χ1n) is 10.8. The molecule has 0 atom stereocenters. The Bertz CT molecular complexity index is 1530. The largest absolute Gasteiger partial charge is 0.360 e. The van der Waals surface area contributed by atoms with Crippen molar-refractivity contribution in [2.24, 2.45) is 0 Å². The molecule has 2 aromatic carbocycles. The van der Waals surface area contributed by atoms with Crippen LogP contribution in [0.2, 0.25) is 0 Å². The Balaban J connectivity index is 1.35. The molecule has 10 nitrogen and oxygen atoms in total. The van der Waals surface area contributed by atoms with E-state index in [1.54, 1.807) is 29.7 Å². The van der Waals surface area contributed by atoms with Gasteiger partial charge in [0.2, 0.25) is 5.91 Å². The number of amides is 1. The quantitative estimate of drug-likeness (QED) is 0.256. The fourth-order valence-electron chi connectivity index (χ4n) is 3.32. The second-order valence-corrected chi connectivity index (χ2v) is 10.3. The molecular formula is C23H23N5O5S2. The molecule has 0 aliphatic heterocycles. The van der Waals surface area contributed by atoms with E-state index in [9.17, 15) is 18.0 Å². The van der Waals surface area contributed by atoms with Crippen molar-refractivity contribution in [2.75, 3.05) is 15.8 Å². The van der Waals surface area contributed by atoms with Crippen molar-refractivity contribution < 1.29 is 17.7 Å². The molecule has 2 N–H and O–H groups in total. The number of benzene rings is 2. The third-order valence-electron chi connectivity index (χ3n) is 5.02. The zero-order valence-electron chi connectivity index (χ0n) is 19.0. The molecule has 12 heteroatoms. The molecular weight excluding hydrogens is 490 g/mol. The van der Waals surface area contributed by atoms with Crippen LogP contribution in [0.3, 0.4) is 0 Å². The number of nitrogens with one attached hydrogen (secondary N) is 2. The summed E-state index contributed by atoms with van der Waals surface area (Å²) in [6, 6.07) is 14.4. The maximum atomic E-state index is 12.7. The number of nitrogens with zero attached hydrogens (tertiary/aromatic N) is 3. The van der Waals surface area contributed by atoms with Crippen molar-refractivity contribution in [2.45, 2.75) is 36.9 Å². The Morgan fingerprint density at radius 2 is 1.89 bits per heavy atom. The predicted molar refractivity (Wildman–Crippen MR) is 134 cm³/mol. The normalized spacial score (nSPS) is 11.5. The zero-order valence-corrected chi connectivity index (χ0v) is 20.6. The summed E-state index contributed by atoms with van der Waals surface area (Å²) in [5, 5.41) is 7.49. The van der Waals surface area contributed by atoms with Gasteiger partial charge in [-0.05, 0) is 50.2 Å². The van der Waals surface area contributed by atoms with Gasteiger partial charge in [-0.3, -0.25) is 18.9 Å². The first kappa shape index (κ1) is 24.5. The highest BCUT2D eigenvalue weighted by molar-refractivity contribution is 7.99. The molecule has 0 aliphatic rings. The van der Waals surface area contributed by atoms with Gasteiger partial charge in [-0.2, -0.15) is 0 Å². The Kier molecular flexibility index (Phi) is 7.22. The second-order valence-electron chi connectivity index (χ2n) is 7.56. The number of rotatable bonds is 9. The van der Waals surface area contributed by atoms with E-state index in [1.165, 1.54) is 42.1 Å². The van der Waals surface area contributed by atoms with Gasteiger partial charge in [-0.1, -0.05) is 29.1 Å². The highest BCUT2D eigenvalue weighted by Crippen LogP contribution is 2.20. The number of aryl methyl sites for hydroxylation is 1. The van der Waals surface area contributed by atoms with Crippen LogP contribution < -0.4 is 15.6 Å². The van der Waals surface area contributed by atoms with Gasteiger partial charge < -0.3 is 9.84 Å². The first-order valence-corrected chi connectivity index (χ1v) is 13.2. The van der Waals surface area contributed by atoms with Crippen LogP contribution in [0.5, 0.6) is 0 Å². The molecule has 0 aliphatic carbocycles. The van der Waals surface area contributed by atoms with Crippen molar-refractivity contribution in [3.63, 3.8) is 0 Å². The van der Waals surface area contributed by atoms with E-state index in [0.717, 1.165) is 0 Å². The smallest absolute Gasteiger partial charge is 0.263 e. The average molecular weight is 514 g/mol. The molecule has 4 rings (SSSR count). The van der Waals surface area contributed by atoms with Gasteiger partial charge in [-0.15, -0.1) is 0 Å². The molecule has 0 bridgehead atoms. The van der Waals surface area contributed by atoms with Crippen LogP contribution in [0, 0.1) is 6.92 Å². The van der Waals surface area contributed by atoms with E-state index >= 15 is 0 Å². The fraction of sp³-hybridized carbons (Fsp3) is 0.217. The molecule has 0 saturated carbocycles. The number of para-hydroxylation sites is 1. The lowest BCUT2D eigenvalue weighted by Crippen LogP contribution is -2.22. The molecule has 2 heterocycles. The molecule has 0 unspecified atom stereocenters. The number of sulfonamides is 1. The van der Waals surface area contributed by atoms with Crippen LogP contribution in [0.15, 0.2) is 74.0 Å². The summed E-state index contributed by atoms with van der Waals surface area (Å²) in [6.45, 7) is 4.01. The van der Waals surface area contributed by atoms with Crippen molar-refractivity contribution in [3.8, 4) is 0 Å². The monoisotopic (exact) mass is 513 g/mol. The summed E-state index contributed by atoms with van der Waals surface area (Å²) in [4.78, 5) is 29.7. The van der Waals surface area contributed by atoms with Gasteiger partial charge in [0.15, 0.2) is 11.0 Å². The fourth-order valence-corrected chi connectivity index (χ4v) is 5.31. The Labute approximate surface area is 205 Å². The second kappa shape index (κ2) is 10.3. The van der Waals surface area contributed by atoms with Gasteiger partial charge in [0.1, 0.15) is 5.76 Å². The molecule has 0 spiro atoms.